The molecule has 21 heavy (non-hydrogen) atoms. The van der Waals surface area contributed by atoms with E-state index in [-0.39, 0.29) is 11.4 Å². The molecule has 9 heteroatoms. The molecule has 2 N–H and O–H groups in total. The van der Waals surface area contributed by atoms with E-state index in [4.69, 9.17) is 5.11 Å². The molecule has 1 rings (SSSR count). The number of hydrogen-bond acceptors (Lipinski definition) is 3. The van der Waals surface area contributed by atoms with Gasteiger partial charge < -0.3 is 15.2 Å². The standard InChI is InChI=1S/C12H9ClF3NO4/c13-11(14)12(15,16)21-8-3-1-7(2-4-8)17-9(18)5-6-10(19)20/h1-6,11H,(H,17,18)(H,19,20)/b6-5-. The number of nitrogens with one attached hydrogen (secondary N) is 1. The van der Waals surface area contributed by atoms with E-state index in [0.29, 0.717) is 6.08 Å². The Morgan fingerprint density at radius 1 is 1.29 bits per heavy atom. The highest BCUT2D eigenvalue weighted by Gasteiger charge is 2.42. The largest absolute Gasteiger partial charge is 0.478 e. The Balaban J connectivity index is 2.66. The summed E-state index contributed by atoms with van der Waals surface area (Å²) in [4.78, 5) is 21.4. The van der Waals surface area contributed by atoms with Crippen molar-refractivity contribution in [3.05, 3.63) is 36.4 Å². The Bertz CT molecular complexity index is 546. The van der Waals surface area contributed by atoms with E-state index in [2.05, 4.69) is 21.7 Å². The number of aliphatic carboxylic acids is 1. The maximum Gasteiger partial charge on any atom is 0.444 e. The van der Waals surface area contributed by atoms with Crippen molar-refractivity contribution in [3.8, 4) is 5.75 Å². The summed E-state index contributed by atoms with van der Waals surface area (Å²) in [7, 11) is 0. The molecule has 0 aromatic heterocycles. The van der Waals surface area contributed by atoms with Crippen molar-refractivity contribution < 1.29 is 32.6 Å². The normalized spacial score (nSPS) is 13.0. The molecule has 0 spiro atoms. The number of amides is 1. The molecule has 0 heterocycles. The minimum absolute atomic E-state index is 0.202. The molecule has 1 atom stereocenters. The number of ether oxygens (including phenoxy) is 1. The van der Waals surface area contributed by atoms with Crippen LogP contribution in [0.5, 0.6) is 5.75 Å². The number of carboxylic acid groups (broad SMARTS) is 1. The number of rotatable bonds is 6. The van der Waals surface area contributed by atoms with Crippen molar-refractivity contribution in [1.29, 1.82) is 0 Å². The van der Waals surface area contributed by atoms with Gasteiger partial charge in [-0.2, -0.15) is 8.78 Å². The van der Waals surface area contributed by atoms with E-state index in [1.165, 1.54) is 12.1 Å². The lowest BCUT2D eigenvalue weighted by atomic mass is 10.3. The number of anilines is 1. The van der Waals surface area contributed by atoms with Gasteiger partial charge in [-0.05, 0) is 24.3 Å². The van der Waals surface area contributed by atoms with Crippen LogP contribution < -0.4 is 10.1 Å². The molecule has 1 aromatic carbocycles. The van der Waals surface area contributed by atoms with Crippen LogP contribution in [0, 0.1) is 0 Å². The molecule has 1 unspecified atom stereocenters. The van der Waals surface area contributed by atoms with E-state index in [0.717, 1.165) is 18.2 Å². The molecule has 0 saturated heterocycles. The molecule has 0 bridgehead atoms. The first-order chi connectivity index (χ1) is 9.70. The summed E-state index contributed by atoms with van der Waals surface area (Å²) >= 11 is 4.63. The highest BCUT2D eigenvalue weighted by Crippen LogP contribution is 2.29. The topological polar surface area (TPSA) is 75.6 Å². The lowest BCUT2D eigenvalue weighted by Gasteiger charge is -2.17. The van der Waals surface area contributed by atoms with Crippen LogP contribution in [0.15, 0.2) is 36.4 Å². The maximum atomic E-state index is 12.9. The van der Waals surface area contributed by atoms with Gasteiger partial charge in [-0.15, -0.1) is 0 Å². The van der Waals surface area contributed by atoms with Crippen LogP contribution in [-0.4, -0.2) is 28.7 Å². The Hall–Kier alpha value is -2.22. The van der Waals surface area contributed by atoms with Gasteiger partial charge in [-0.3, -0.25) is 4.79 Å². The first-order valence-electron chi connectivity index (χ1n) is 5.38. The summed E-state index contributed by atoms with van der Waals surface area (Å²) in [6.07, 6.45) is -2.77. The van der Waals surface area contributed by atoms with Gasteiger partial charge in [0.25, 0.3) is 5.63 Å². The SMILES string of the molecule is O=C(O)/C=C\C(=O)Nc1ccc(OC(F)(F)C(F)Cl)cc1. The van der Waals surface area contributed by atoms with Crippen molar-refractivity contribution in [1.82, 2.24) is 0 Å². The zero-order chi connectivity index (χ0) is 16.0. The monoisotopic (exact) mass is 323 g/mol. The molecule has 0 aliphatic carbocycles. The molecule has 1 amide bonds. The number of benzene rings is 1. The van der Waals surface area contributed by atoms with Crippen LogP contribution in [0.3, 0.4) is 0 Å². The quantitative estimate of drug-likeness (QED) is 0.623. The average molecular weight is 324 g/mol. The van der Waals surface area contributed by atoms with Crippen LogP contribution in [0.4, 0.5) is 18.9 Å². The number of carbonyl (C=O) groups is 2. The van der Waals surface area contributed by atoms with E-state index in [1.807, 2.05) is 0 Å². The Morgan fingerprint density at radius 2 is 1.86 bits per heavy atom. The van der Waals surface area contributed by atoms with Crippen molar-refractivity contribution >= 4 is 29.2 Å². The van der Waals surface area contributed by atoms with Gasteiger partial charge in [-0.25, -0.2) is 9.18 Å². The molecular formula is C12H9ClF3NO4. The Morgan fingerprint density at radius 3 is 2.33 bits per heavy atom. The lowest BCUT2D eigenvalue weighted by molar-refractivity contribution is -0.199. The second-order valence-electron chi connectivity index (χ2n) is 3.65. The summed E-state index contributed by atoms with van der Waals surface area (Å²) in [6, 6.07) is 4.53. The number of halogens is 4. The minimum Gasteiger partial charge on any atom is -0.478 e. The maximum absolute atomic E-state index is 12.9. The highest BCUT2D eigenvalue weighted by molar-refractivity contribution is 6.20. The van der Waals surface area contributed by atoms with Crippen LogP contribution >= 0.6 is 11.6 Å². The van der Waals surface area contributed by atoms with Crippen LogP contribution in [0.1, 0.15) is 0 Å². The third-order valence-corrected chi connectivity index (χ3v) is 2.26. The van der Waals surface area contributed by atoms with Gasteiger partial charge in [0.2, 0.25) is 5.91 Å². The second kappa shape index (κ2) is 6.98. The van der Waals surface area contributed by atoms with Gasteiger partial charge in [-0.1, -0.05) is 11.6 Å². The first kappa shape index (κ1) is 16.8. The Labute approximate surface area is 122 Å². The third kappa shape index (κ3) is 5.74. The summed E-state index contributed by atoms with van der Waals surface area (Å²) in [5, 5.41) is 10.6. The van der Waals surface area contributed by atoms with Gasteiger partial charge in [0.1, 0.15) is 5.75 Å². The summed E-state index contributed by atoms with van der Waals surface area (Å²) in [5.41, 5.74) is -2.80. The average Bonchev–Trinajstić information content (AvgIpc) is 2.38. The van der Waals surface area contributed by atoms with Crippen molar-refractivity contribution in [2.24, 2.45) is 0 Å². The molecular weight excluding hydrogens is 315 g/mol. The fraction of sp³-hybridized carbons (Fsp3) is 0.167. The van der Waals surface area contributed by atoms with E-state index in [9.17, 15) is 22.8 Å². The predicted molar refractivity (Wildman–Crippen MR) is 68.2 cm³/mol. The van der Waals surface area contributed by atoms with Gasteiger partial charge in [0, 0.05) is 17.8 Å². The molecule has 0 aliphatic heterocycles. The van der Waals surface area contributed by atoms with E-state index in [1.54, 1.807) is 0 Å². The highest BCUT2D eigenvalue weighted by atomic mass is 35.5. The second-order valence-corrected chi connectivity index (χ2v) is 4.03. The molecule has 1 aromatic rings. The van der Waals surface area contributed by atoms with Crippen LogP contribution in [0.25, 0.3) is 0 Å². The van der Waals surface area contributed by atoms with E-state index >= 15 is 0 Å². The Kier molecular flexibility index (Phi) is 5.60. The lowest BCUT2D eigenvalue weighted by Crippen LogP contribution is -2.32. The first-order valence-corrected chi connectivity index (χ1v) is 5.81. The van der Waals surface area contributed by atoms with Gasteiger partial charge in [0.15, 0.2) is 0 Å². The molecule has 0 radical (unpaired) electrons. The molecule has 5 nitrogen and oxygen atoms in total. The van der Waals surface area contributed by atoms with Crippen LogP contribution in [0.2, 0.25) is 0 Å². The number of alkyl halides is 4. The van der Waals surface area contributed by atoms with Gasteiger partial charge >= 0.3 is 12.1 Å². The minimum atomic E-state index is -4.18. The number of carbonyl (C=O) groups excluding carboxylic acids is 1. The smallest absolute Gasteiger partial charge is 0.444 e. The molecule has 0 aliphatic rings. The number of hydrogen-bond donors (Lipinski definition) is 2. The van der Waals surface area contributed by atoms with Crippen molar-refractivity contribution in [2.75, 3.05) is 5.32 Å². The molecule has 114 valence electrons. The van der Waals surface area contributed by atoms with Crippen molar-refractivity contribution in [3.63, 3.8) is 0 Å². The summed E-state index contributed by atoms with van der Waals surface area (Å²) < 4.78 is 42.1. The fourth-order valence-electron chi connectivity index (χ4n) is 1.14. The van der Waals surface area contributed by atoms with E-state index < -0.39 is 23.6 Å². The van der Waals surface area contributed by atoms with Gasteiger partial charge in [0.05, 0.1) is 0 Å². The summed E-state index contributed by atoms with van der Waals surface area (Å²) in [5.74, 6) is -2.37. The van der Waals surface area contributed by atoms with Crippen LogP contribution in [-0.2, 0) is 9.59 Å². The fourth-order valence-corrected chi connectivity index (χ4v) is 1.18. The third-order valence-electron chi connectivity index (χ3n) is 2.01. The molecule has 0 fully saturated rings. The van der Waals surface area contributed by atoms with Crippen molar-refractivity contribution in [2.45, 2.75) is 11.7 Å². The summed E-state index contributed by atoms with van der Waals surface area (Å²) in [6.45, 7) is 0. The zero-order valence-corrected chi connectivity index (χ0v) is 11.0. The predicted octanol–water partition coefficient (Wildman–Crippen LogP) is 2.77. The number of carboxylic acids is 1. The zero-order valence-electron chi connectivity index (χ0n) is 10.2. The molecule has 0 saturated carbocycles.